The minimum atomic E-state index is -0.406. The van der Waals surface area contributed by atoms with Gasteiger partial charge in [0.15, 0.2) is 0 Å². The average Bonchev–Trinajstić information content (AvgIpc) is 3.07. The number of fused-ring (bicyclic) bond motifs is 1. The Hall–Kier alpha value is -2.04. The van der Waals surface area contributed by atoms with Crippen LogP contribution in [0.15, 0.2) is 46.9 Å². The molecule has 3 nitrogen and oxygen atoms in total. The van der Waals surface area contributed by atoms with Crippen molar-refractivity contribution in [3.05, 3.63) is 53.6 Å². The zero-order chi connectivity index (χ0) is 21.2. The van der Waals surface area contributed by atoms with Crippen molar-refractivity contribution in [1.82, 2.24) is 0 Å². The van der Waals surface area contributed by atoms with Gasteiger partial charge >= 0.3 is 7.12 Å². The zero-order valence-corrected chi connectivity index (χ0v) is 18.8. The maximum atomic E-state index is 6.32. The molecule has 2 heterocycles. The summed E-state index contributed by atoms with van der Waals surface area (Å²) in [6, 6.07) is 14.8. The van der Waals surface area contributed by atoms with Gasteiger partial charge in [-0.05, 0) is 57.1 Å². The summed E-state index contributed by atoms with van der Waals surface area (Å²) in [6.07, 6.45) is 0. The molecule has 2 aromatic carbocycles. The molecule has 0 bridgehead atoms. The van der Waals surface area contributed by atoms with Crippen molar-refractivity contribution in [2.24, 2.45) is 0 Å². The molecule has 1 aromatic heterocycles. The molecule has 0 unspecified atom stereocenters. The van der Waals surface area contributed by atoms with Crippen LogP contribution in [0.5, 0.6) is 0 Å². The monoisotopic (exact) mass is 390 g/mol. The van der Waals surface area contributed by atoms with E-state index in [0.717, 1.165) is 33.3 Å². The molecule has 0 amide bonds. The van der Waals surface area contributed by atoms with Gasteiger partial charge in [0.05, 0.1) is 11.2 Å². The summed E-state index contributed by atoms with van der Waals surface area (Å²) in [5, 5.41) is 1.08. The Labute approximate surface area is 174 Å². The molecule has 0 atom stereocenters. The fraction of sp³-hybridized carbons (Fsp3) is 0.440. The molecule has 0 aliphatic carbocycles. The van der Waals surface area contributed by atoms with Gasteiger partial charge in [0.1, 0.15) is 11.3 Å². The van der Waals surface area contributed by atoms with E-state index in [4.69, 9.17) is 13.7 Å². The molecular weight excluding hydrogens is 359 g/mol. The van der Waals surface area contributed by atoms with E-state index in [2.05, 4.69) is 85.7 Å². The van der Waals surface area contributed by atoms with E-state index in [1.165, 1.54) is 5.56 Å². The van der Waals surface area contributed by atoms with Gasteiger partial charge in [-0.25, -0.2) is 0 Å². The number of rotatable bonds is 2. The Morgan fingerprint density at radius 2 is 1.41 bits per heavy atom. The first-order valence-corrected chi connectivity index (χ1v) is 10.4. The molecule has 0 radical (unpaired) electrons. The maximum absolute atomic E-state index is 6.32. The SMILES string of the molecule is Cc1c(-c2ccc(C(C)(C)C)cc2)oc2cccc(B3OC(C)(C)C(C)(C)O3)c12. The summed E-state index contributed by atoms with van der Waals surface area (Å²) >= 11 is 0. The summed E-state index contributed by atoms with van der Waals surface area (Å²) in [7, 11) is -0.406. The maximum Gasteiger partial charge on any atom is 0.495 e. The summed E-state index contributed by atoms with van der Waals surface area (Å²) in [5.41, 5.74) is 4.80. The molecule has 4 rings (SSSR count). The van der Waals surface area contributed by atoms with Crippen molar-refractivity contribution < 1.29 is 13.7 Å². The van der Waals surface area contributed by atoms with Crippen LogP contribution in [0.3, 0.4) is 0 Å². The van der Waals surface area contributed by atoms with E-state index in [1.54, 1.807) is 0 Å². The van der Waals surface area contributed by atoms with E-state index in [1.807, 2.05) is 12.1 Å². The summed E-state index contributed by atoms with van der Waals surface area (Å²) < 4.78 is 18.9. The van der Waals surface area contributed by atoms with Crippen LogP contribution in [0, 0.1) is 6.92 Å². The number of hydrogen-bond acceptors (Lipinski definition) is 3. The molecule has 0 spiro atoms. The van der Waals surface area contributed by atoms with Gasteiger partial charge in [0.25, 0.3) is 0 Å². The third-order valence-corrected chi connectivity index (χ3v) is 6.51. The van der Waals surface area contributed by atoms with Crippen molar-refractivity contribution in [3.63, 3.8) is 0 Å². The first-order chi connectivity index (χ1) is 13.4. The second-order valence-electron chi connectivity index (χ2n) is 10.2. The molecule has 0 N–H and O–H groups in total. The zero-order valence-electron chi connectivity index (χ0n) is 18.8. The van der Waals surface area contributed by atoms with Crippen molar-refractivity contribution in [3.8, 4) is 11.3 Å². The Bertz CT molecular complexity index is 1040. The average molecular weight is 390 g/mol. The lowest BCUT2D eigenvalue weighted by atomic mass is 9.76. The summed E-state index contributed by atoms with van der Waals surface area (Å²) in [4.78, 5) is 0. The van der Waals surface area contributed by atoms with Crippen LogP contribution in [-0.4, -0.2) is 18.3 Å². The van der Waals surface area contributed by atoms with Crippen LogP contribution >= 0.6 is 0 Å². The molecule has 4 heteroatoms. The van der Waals surface area contributed by atoms with Crippen LogP contribution in [0.4, 0.5) is 0 Å². The minimum Gasteiger partial charge on any atom is -0.456 e. The molecule has 1 aliphatic heterocycles. The van der Waals surface area contributed by atoms with E-state index in [0.29, 0.717) is 0 Å². The van der Waals surface area contributed by atoms with Crippen LogP contribution < -0.4 is 5.46 Å². The predicted molar refractivity (Wildman–Crippen MR) is 121 cm³/mol. The van der Waals surface area contributed by atoms with E-state index < -0.39 is 7.12 Å². The third-order valence-electron chi connectivity index (χ3n) is 6.51. The number of hydrogen-bond donors (Lipinski definition) is 0. The highest BCUT2D eigenvalue weighted by atomic mass is 16.7. The van der Waals surface area contributed by atoms with E-state index >= 15 is 0 Å². The molecule has 29 heavy (non-hydrogen) atoms. The van der Waals surface area contributed by atoms with Gasteiger partial charge in [0, 0.05) is 16.5 Å². The predicted octanol–water partition coefficient (Wildman–Crippen LogP) is 6.00. The largest absolute Gasteiger partial charge is 0.495 e. The highest BCUT2D eigenvalue weighted by Crippen LogP contribution is 2.39. The highest BCUT2D eigenvalue weighted by Gasteiger charge is 2.52. The third kappa shape index (κ3) is 3.33. The van der Waals surface area contributed by atoms with Crippen molar-refractivity contribution in [2.75, 3.05) is 0 Å². The normalized spacial score (nSPS) is 18.6. The highest BCUT2D eigenvalue weighted by molar-refractivity contribution is 6.65. The fourth-order valence-corrected chi connectivity index (χ4v) is 3.90. The van der Waals surface area contributed by atoms with Crippen LogP contribution in [-0.2, 0) is 14.7 Å². The summed E-state index contributed by atoms with van der Waals surface area (Å²) in [5.74, 6) is 0.907. The van der Waals surface area contributed by atoms with Crippen LogP contribution in [0.25, 0.3) is 22.3 Å². The van der Waals surface area contributed by atoms with Crippen LogP contribution in [0.2, 0.25) is 0 Å². The van der Waals surface area contributed by atoms with Crippen molar-refractivity contribution in [2.45, 2.75) is 72.0 Å². The second kappa shape index (κ2) is 6.48. The van der Waals surface area contributed by atoms with Crippen molar-refractivity contribution >= 4 is 23.6 Å². The lowest BCUT2D eigenvalue weighted by Crippen LogP contribution is -2.41. The summed E-state index contributed by atoms with van der Waals surface area (Å²) in [6.45, 7) is 17.1. The minimum absolute atomic E-state index is 0.130. The van der Waals surface area contributed by atoms with Gasteiger partial charge in [-0.3, -0.25) is 0 Å². The van der Waals surface area contributed by atoms with E-state index in [-0.39, 0.29) is 16.6 Å². The van der Waals surface area contributed by atoms with Gasteiger partial charge < -0.3 is 13.7 Å². The first kappa shape index (κ1) is 20.2. The quantitative estimate of drug-likeness (QED) is 0.503. The Kier molecular flexibility index (Phi) is 4.53. The Balaban J connectivity index is 1.79. The Morgan fingerprint density at radius 1 is 0.828 bits per heavy atom. The van der Waals surface area contributed by atoms with Gasteiger partial charge in [-0.2, -0.15) is 0 Å². The lowest BCUT2D eigenvalue weighted by molar-refractivity contribution is 0.00578. The molecule has 1 fully saturated rings. The molecule has 3 aromatic rings. The first-order valence-electron chi connectivity index (χ1n) is 10.4. The standard InChI is InChI=1S/C25H31BO3/c1-16-21-19(26-28-24(5,6)25(7,8)29-26)10-9-11-20(21)27-22(16)17-12-14-18(15-13-17)23(2,3)4/h9-15H,1-8H3. The lowest BCUT2D eigenvalue weighted by Gasteiger charge is -2.32. The number of furan rings is 1. The van der Waals surface area contributed by atoms with Crippen LogP contribution in [0.1, 0.15) is 59.6 Å². The molecular formula is C25H31BO3. The number of benzene rings is 2. The molecule has 1 saturated heterocycles. The Morgan fingerprint density at radius 3 is 1.97 bits per heavy atom. The van der Waals surface area contributed by atoms with Crippen molar-refractivity contribution in [1.29, 1.82) is 0 Å². The van der Waals surface area contributed by atoms with Gasteiger partial charge in [-0.1, -0.05) is 57.2 Å². The molecule has 0 saturated carbocycles. The second-order valence-corrected chi connectivity index (χ2v) is 10.2. The topological polar surface area (TPSA) is 31.6 Å². The number of aryl methyl sites for hydroxylation is 1. The molecule has 152 valence electrons. The fourth-order valence-electron chi connectivity index (χ4n) is 3.90. The molecule has 1 aliphatic rings. The van der Waals surface area contributed by atoms with Gasteiger partial charge in [-0.15, -0.1) is 0 Å². The smallest absolute Gasteiger partial charge is 0.456 e. The van der Waals surface area contributed by atoms with Gasteiger partial charge in [0.2, 0.25) is 0 Å². The van der Waals surface area contributed by atoms with E-state index in [9.17, 15) is 0 Å².